The summed E-state index contributed by atoms with van der Waals surface area (Å²) in [6.07, 6.45) is 0.801. The van der Waals surface area contributed by atoms with Crippen LogP contribution in [0.15, 0.2) is 24.3 Å². The van der Waals surface area contributed by atoms with Gasteiger partial charge in [0.15, 0.2) is 0 Å². The van der Waals surface area contributed by atoms with E-state index >= 15 is 0 Å². The molecule has 1 aromatic carbocycles. The van der Waals surface area contributed by atoms with Crippen LogP contribution in [0, 0.1) is 5.92 Å². The van der Waals surface area contributed by atoms with Gasteiger partial charge in [0.05, 0.1) is 5.60 Å². The molecule has 0 aromatic heterocycles. The molecule has 0 heterocycles. The number of halogens is 1. The van der Waals surface area contributed by atoms with Gasteiger partial charge in [0, 0.05) is 18.1 Å². The van der Waals surface area contributed by atoms with E-state index in [1.807, 2.05) is 31.2 Å². The molecule has 0 saturated carbocycles. The Hall–Kier alpha value is -0.570. The third kappa shape index (κ3) is 6.06. The first-order valence-corrected chi connectivity index (χ1v) is 6.44. The Labute approximate surface area is 109 Å². The molecule has 96 valence electrons. The highest BCUT2D eigenvalue weighted by Crippen LogP contribution is 2.15. The summed E-state index contributed by atoms with van der Waals surface area (Å²) in [6.45, 7) is 7.43. The third-order valence-electron chi connectivity index (χ3n) is 2.57. The van der Waals surface area contributed by atoms with E-state index < -0.39 is 5.60 Å². The fourth-order valence-corrected chi connectivity index (χ4v) is 2.29. The van der Waals surface area contributed by atoms with Gasteiger partial charge in [-0.3, -0.25) is 0 Å². The lowest BCUT2D eigenvalue weighted by atomic mass is 9.94. The first-order chi connectivity index (χ1) is 7.89. The lowest BCUT2D eigenvalue weighted by Crippen LogP contribution is -2.38. The van der Waals surface area contributed by atoms with Gasteiger partial charge in [-0.1, -0.05) is 37.6 Å². The predicted octanol–water partition coefficient (Wildman–Crippen LogP) is 3.23. The molecule has 2 N–H and O–H groups in total. The minimum absolute atomic E-state index is 0.498. The van der Waals surface area contributed by atoms with E-state index in [0.29, 0.717) is 12.5 Å². The van der Waals surface area contributed by atoms with Crippen LogP contribution in [-0.4, -0.2) is 17.3 Å². The molecule has 0 saturated heterocycles. The largest absolute Gasteiger partial charge is 0.389 e. The van der Waals surface area contributed by atoms with E-state index in [2.05, 4.69) is 19.2 Å². The van der Waals surface area contributed by atoms with Crippen LogP contribution in [0.4, 0.5) is 0 Å². The van der Waals surface area contributed by atoms with Crippen LogP contribution >= 0.6 is 11.6 Å². The lowest BCUT2D eigenvalue weighted by molar-refractivity contribution is 0.0383. The molecule has 1 atom stereocenters. The Bertz CT molecular complexity index is 350. The molecule has 0 radical (unpaired) electrons. The summed E-state index contributed by atoms with van der Waals surface area (Å²) >= 11 is 5.91. The molecule has 0 aliphatic heterocycles. The van der Waals surface area contributed by atoms with Gasteiger partial charge in [0.2, 0.25) is 0 Å². The van der Waals surface area contributed by atoms with E-state index in [1.54, 1.807) is 0 Å². The molecule has 0 amide bonds. The lowest BCUT2D eigenvalue weighted by Gasteiger charge is -2.25. The molecule has 1 rings (SSSR count). The van der Waals surface area contributed by atoms with Crippen molar-refractivity contribution in [2.45, 2.75) is 39.3 Å². The molecule has 3 heteroatoms. The van der Waals surface area contributed by atoms with Crippen molar-refractivity contribution in [2.75, 3.05) is 6.54 Å². The van der Waals surface area contributed by atoms with E-state index in [4.69, 9.17) is 11.6 Å². The van der Waals surface area contributed by atoms with Crippen molar-refractivity contribution in [3.05, 3.63) is 34.9 Å². The van der Waals surface area contributed by atoms with Gasteiger partial charge >= 0.3 is 0 Å². The van der Waals surface area contributed by atoms with Crippen LogP contribution in [0.1, 0.15) is 32.8 Å². The number of nitrogens with one attached hydrogen (secondary N) is 1. The minimum Gasteiger partial charge on any atom is -0.389 e. The second-order valence-electron chi connectivity index (χ2n) is 5.33. The molecule has 1 aromatic rings. The first-order valence-electron chi connectivity index (χ1n) is 6.06. The van der Waals surface area contributed by atoms with Gasteiger partial charge in [0.1, 0.15) is 0 Å². The normalized spacial score (nSPS) is 14.9. The molecular formula is C14H22ClNO. The van der Waals surface area contributed by atoms with Crippen molar-refractivity contribution in [1.29, 1.82) is 0 Å². The van der Waals surface area contributed by atoms with Crippen molar-refractivity contribution in [3.8, 4) is 0 Å². The van der Waals surface area contributed by atoms with E-state index in [9.17, 15) is 5.11 Å². The second-order valence-corrected chi connectivity index (χ2v) is 5.76. The molecule has 0 aliphatic rings. The van der Waals surface area contributed by atoms with E-state index in [1.165, 1.54) is 0 Å². The number of benzene rings is 1. The minimum atomic E-state index is -0.646. The van der Waals surface area contributed by atoms with Crippen LogP contribution in [-0.2, 0) is 6.54 Å². The monoisotopic (exact) mass is 255 g/mol. The predicted molar refractivity (Wildman–Crippen MR) is 73.2 cm³/mol. The highest BCUT2D eigenvalue weighted by atomic mass is 35.5. The highest BCUT2D eigenvalue weighted by molar-refractivity contribution is 6.30. The van der Waals surface area contributed by atoms with Gasteiger partial charge in [-0.05, 0) is 37.0 Å². The molecule has 17 heavy (non-hydrogen) atoms. The van der Waals surface area contributed by atoms with Crippen LogP contribution in [0.25, 0.3) is 0 Å². The summed E-state index contributed by atoms with van der Waals surface area (Å²) in [5.41, 5.74) is 0.491. The zero-order valence-electron chi connectivity index (χ0n) is 10.8. The zero-order valence-corrected chi connectivity index (χ0v) is 11.6. The highest BCUT2D eigenvalue weighted by Gasteiger charge is 2.20. The summed E-state index contributed by atoms with van der Waals surface area (Å²) in [7, 11) is 0. The maximum absolute atomic E-state index is 10.1. The van der Waals surface area contributed by atoms with Gasteiger partial charge < -0.3 is 10.4 Å². The van der Waals surface area contributed by atoms with Crippen LogP contribution in [0.5, 0.6) is 0 Å². The van der Waals surface area contributed by atoms with Crippen LogP contribution in [0.2, 0.25) is 5.02 Å². The number of hydrogen-bond donors (Lipinski definition) is 2. The van der Waals surface area contributed by atoms with Crippen molar-refractivity contribution in [3.63, 3.8) is 0 Å². The maximum atomic E-state index is 10.1. The average molecular weight is 256 g/mol. The zero-order chi connectivity index (χ0) is 12.9. The smallest absolute Gasteiger partial charge is 0.0746 e. The average Bonchev–Trinajstić information content (AvgIpc) is 2.15. The Morgan fingerprint density at radius 2 is 2.12 bits per heavy atom. The van der Waals surface area contributed by atoms with Crippen molar-refractivity contribution in [2.24, 2.45) is 5.92 Å². The Morgan fingerprint density at radius 1 is 1.41 bits per heavy atom. The molecule has 0 aliphatic carbocycles. The summed E-state index contributed by atoms with van der Waals surface area (Å²) in [5, 5.41) is 14.1. The van der Waals surface area contributed by atoms with Crippen LogP contribution < -0.4 is 5.32 Å². The quantitative estimate of drug-likeness (QED) is 0.818. The van der Waals surface area contributed by atoms with Gasteiger partial charge in [0.25, 0.3) is 0 Å². The van der Waals surface area contributed by atoms with E-state index in [-0.39, 0.29) is 0 Å². The third-order valence-corrected chi connectivity index (χ3v) is 2.81. The number of hydrogen-bond acceptors (Lipinski definition) is 2. The van der Waals surface area contributed by atoms with Crippen molar-refractivity contribution >= 4 is 11.6 Å². The maximum Gasteiger partial charge on any atom is 0.0746 e. The fraction of sp³-hybridized carbons (Fsp3) is 0.571. The summed E-state index contributed by atoms with van der Waals surface area (Å²) in [4.78, 5) is 0. The SMILES string of the molecule is CC(C)CC(C)(O)CNCc1cccc(Cl)c1. The summed E-state index contributed by atoms with van der Waals surface area (Å²) in [6, 6.07) is 7.76. The van der Waals surface area contributed by atoms with Crippen molar-refractivity contribution < 1.29 is 5.11 Å². The van der Waals surface area contributed by atoms with Crippen molar-refractivity contribution in [1.82, 2.24) is 5.32 Å². The molecule has 1 unspecified atom stereocenters. The summed E-state index contributed by atoms with van der Waals surface area (Å²) in [5.74, 6) is 0.498. The van der Waals surface area contributed by atoms with E-state index in [0.717, 1.165) is 23.6 Å². The van der Waals surface area contributed by atoms with Crippen LogP contribution in [0.3, 0.4) is 0 Å². The number of rotatable bonds is 6. The first kappa shape index (κ1) is 14.5. The van der Waals surface area contributed by atoms with Gasteiger partial charge in [-0.15, -0.1) is 0 Å². The molecule has 0 fully saturated rings. The molecule has 0 bridgehead atoms. The number of aliphatic hydroxyl groups is 1. The molecule has 2 nitrogen and oxygen atoms in total. The molecular weight excluding hydrogens is 234 g/mol. The van der Waals surface area contributed by atoms with Gasteiger partial charge in [-0.2, -0.15) is 0 Å². The van der Waals surface area contributed by atoms with Gasteiger partial charge in [-0.25, -0.2) is 0 Å². The second kappa shape index (κ2) is 6.39. The Morgan fingerprint density at radius 3 is 2.71 bits per heavy atom. The summed E-state index contributed by atoms with van der Waals surface area (Å²) < 4.78 is 0. The topological polar surface area (TPSA) is 32.3 Å². The Kier molecular flexibility index (Phi) is 5.44. The molecule has 0 spiro atoms. The fourth-order valence-electron chi connectivity index (χ4n) is 2.07. The Balaban J connectivity index is 2.37. The standard InChI is InChI=1S/C14H22ClNO/c1-11(2)8-14(3,17)10-16-9-12-5-4-6-13(15)7-12/h4-7,11,16-17H,8-10H2,1-3H3.